The molecule has 0 aromatic heterocycles. The number of rotatable bonds is 1. The highest BCUT2D eigenvalue weighted by atomic mass is 15.3. The molecule has 3 aliphatic rings. The molecule has 3 rings (SSSR count). The third-order valence-electron chi connectivity index (χ3n) is 3.97. The van der Waals surface area contributed by atoms with Gasteiger partial charge in [-0.3, -0.25) is 4.90 Å². The van der Waals surface area contributed by atoms with Crippen LogP contribution in [0.1, 0.15) is 32.1 Å². The van der Waals surface area contributed by atoms with Gasteiger partial charge in [-0.05, 0) is 38.6 Å². The average molecular weight is 166 g/mol. The minimum absolute atomic E-state index is 0.894. The molecule has 1 atom stereocenters. The first-order valence-electron chi connectivity index (χ1n) is 5.43. The molecule has 2 nitrogen and oxygen atoms in total. The van der Waals surface area contributed by atoms with Crippen molar-refractivity contribution in [3.63, 3.8) is 0 Å². The molecule has 0 saturated carbocycles. The predicted octanol–water partition coefficient (Wildman–Crippen LogP) is 0.975. The number of fused-ring (bicyclic) bond motifs is 2. The Morgan fingerprint density at radius 1 is 0.833 bits per heavy atom. The lowest BCUT2D eigenvalue weighted by Gasteiger charge is -2.28. The van der Waals surface area contributed by atoms with Crippen molar-refractivity contribution >= 4 is 0 Å². The second kappa shape index (κ2) is 2.71. The second-order valence-corrected chi connectivity index (χ2v) is 4.56. The second-order valence-electron chi connectivity index (χ2n) is 4.56. The maximum absolute atomic E-state index is 3.48. The van der Waals surface area contributed by atoms with Crippen molar-refractivity contribution in [2.24, 2.45) is 0 Å². The van der Waals surface area contributed by atoms with Gasteiger partial charge in [0.25, 0.3) is 0 Å². The van der Waals surface area contributed by atoms with Crippen LogP contribution in [0.5, 0.6) is 0 Å². The molecule has 1 N–H and O–H groups in total. The van der Waals surface area contributed by atoms with Gasteiger partial charge in [-0.1, -0.05) is 0 Å². The zero-order chi connectivity index (χ0) is 7.97. The molecule has 3 fully saturated rings. The SMILES string of the molecule is C1CC(N2C3CCC2CC3)CN1. The summed E-state index contributed by atoms with van der Waals surface area (Å²) >= 11 is 0. The number of hydrogen-bond acceptors (Lipinski definition) is 2. The lowest BCUT2D eigenvalue weighted by atomic mass is 10.0. The molecule has 1 unspecified atom stereocenters. The Morgan fingerprint density at radius 3 is 2.00 bits per heavy atom. The summed E-state index contributed by atoms with van der Waals surface area (Å²) in [7, 11) is 0. The molecule has 0 aromatic rings. The van der Waals surface area contributed by atoms with Gasteiger partial charge >= 0.3 is 0 Å². The van der Waals surface area contributed by atoms with E-state index in [-0.39, 0.29) is 0 Å². The Bertz CT molecular complexity index is 155. The molecular formula is C10H18N2. The van der Waals surface area contributed by atoms with Gasteiger partial charge < -0.3 is 5.32 Å². The fraction of sp³-hybridized carbons (Fsp3) is 1.00. The highest BCUT2D eigenvalue weighted by Crippen LogP contribution is 2.39. The largest absolute Gasteiger partial charge is 0.315 e. The van der Waals surface area contributed by atoms with Crippen molar-refractivity contribution < 1.29 is 0 Å². The number of hydrogen-bond donors (Lipinski definition) is 1. The van der Waals surface area contributed by atoms with Crippen LogP contribution in [0.3, 0.4) is 0 Å². The van der Waals surface area contributed by atoms with Gasteiger partial charge in [0.15, 0.2) is 0 Å². The summed E-state index contributed by atoms with van der Waals surface area (Å²) in [5.41, 5.74) is 0. The van der Waals surface area contributed by atoms with Gasteiger partial charge in [0.2, 0.25) is 0 Å². The van der Waals surface area contributed by atoms with Gasteiger partial charge in [0, 0.05) is 24.7 Å². The summed E-state index contributed by atoms with van der Waals surface area (Å²) in [4.78, 5) is 2.83. The van der Waals surface area contributed by atoms with Crippen LogP contribution in [0.4, 0.5) is 0 Å². The van der Waals surface area contributed by atoms with Crippen molar-refractivity contribution in [1.29, 1.82) is 0 Å². The fourth-order valence-corrected chi connectivity index (χ4v) is 3.44. The molecule has 0 aromatic carbocycles. The topological polar surface area (TPSA) is 15.3 Å². The molecule has 12 heavy (non-hydrogen) atoms. The highest BCUT2D eigenvalue weighted by molar-refractivity contribution is 4.99. The van der Waals surface area contributed by atoms with Gasteiger partial charge in [-0.25, -0.2) is 0 Å². The quantitative estimate of drug-likeness (QED) is 0.624. The third kappa shape index (κ3) is 0.944. The van der Waals surface area contributed by atoms with Crippen molar-refractivity contribution in [2.45, 2.75) is 50.2 Å². The normalized spacial score (nSPS) is 47.5. The van der Waals surface area contributed by atoms with Gasteiger partial charge in [-0.15, -0.1) is 0 Å². The molecule has 2 heteroatoms. The van der Waals surface area contributed by atoms with Crippen LogP contribution in [0, 0.1) is 0 Å². The predicted molar refractivity (Wildman–Crippen MR) is 49.2 cm³/mol. The van der Waals surface area contributed by atoms with E-state index in [1.165, 1.54) is 45.2 Å². The van der Waals surface area contributed by atoms with E-state index >= 15 is 0 Å². The molecule has 3 heterocycles. The summed E-state index contributed by atoms with van der Waals surface area (Å²) in [5, 5.41) is 3.48. The van der Waals surface area contributed by atoms with Crippen molar-refractivity contribution in [2.75, 3.05) is 13.1 Å². The van der Waals surface area contributed by atoms with Gasteiger partial charge in [0.1, 0.15) is 0 Å². The van der Waals surface area contributed by atoms with E-state index in [2.05, 4.69) is 10.2 Å². The Hall–Kier alpha value is -0.0800. The molecule has 0 radical (unpaired) electrons. The highest BCUT2D eigenvalue weighted by Gasteiger charge is 2.43. The van der Waals surface area contributed by atoms with Crippen LogP contribution in [0.25, 0.3) is 0 Å². The molecule has 68 valence electrons. The van der Waals surface area contributed by atoms with Crippen LogP contribution in [0.15, 0.2) is 0 Å². The maximum Gasteiger partial charge on any atom is 0.0238 e. The number of nitrogens with zero attached hydrogens (tertiary/aromatic N) is 1. The van der Waals surface area contributed by atoms with Crippen molar-refractivity contribution in [1.82, 2.24) is 10.2 Å². The molecule has 0 spiro atoms. The van der Waals surface area contributed by atoms with Crippen LogP contribution >= 0.6 is 0 Å². The van der Waals surface area contributed by atoms with Crippen LogP contribution in [0.2, 0.25) is 0 Å². The summed E-state index contributed by atoms with van der Waals surface area (Å²) in [6.45, 7) is 2.51. The van der Waals surface area contributed by atoms with E-state index in [0.717, 1.165) is 18.1 Å². The Morgan fingerprint density at radius 2 is 1.50 bits per heavy atom. The summed E-state index contributed by atoms with van der Waals surface area (Å²) < 4.78 is 0. The monoisotopic (exact) mass is 166 g/mol. The molecule has 2 bridgehead atoms. The Kier molecular flexibility index (Phi) is 1.66. The van der Waals surface area contributed by atoms with E-state index in [0.29, 0.717) is 0 Å². The molecule has 0 aliphatic carbocycles. The van der Waals surface area contributed by atoms with E-state index < -0.39 is 0 Å². The van der Waals surface area contributed by atoms with Crippen molar-refractivity contribution in [3.05, 3.63) is 0 Å². The standard InChI is InChI=1S/C10H18N2/c1-2-9-4-3-8(1)12(9)10-5-6-11-7-10/h8-11H,1-7H2. The van der Waals surface area contributed by atoms with Crippen LogP contribution < -0.4 is 5.32 Å². The summed E-state index contributed by atoms with van der Waals surface area (Å²) in [6.07, 6.45) is 7.34. The minimum Gasteiger partial charge on any atom is -0.315 e. The Labute approximate surface area is 74.3 Å². The average Bonchev–Trinajstić information content (AvgIpc) is 2.78. The first-order chi connectivity index (χ1) is 5.95. The van der Waals surface area contributed by atoms with Gasteiger partial charge in [0.05, 0.1) is 0 Å². The van der Waals surface area contributed by atoms with E-state index in [9.17, 15) is 0 Å². The molecular weight excluding hydrogens is 148 g/mol. The smallest absolute Gasteiger partial charge is 0.0238 e. The first-order valence-corrected chi connectivity index (χ1v) is 5.43. The lowest BCUT2D eigenvalue weighted by Crippen LogP contribution is -2.40. The van der Waals surface area contributed by atoms with Gasteiger partial charge in [-0.2, -0.15) is 0 Å². The van der Waals surface area contributed by atoms with Crippen molar-refractivity contribution in [3.8, 4) is 0 Å². The first kappa shape index (κ1) is 7.34. The number of nitrogens with one attached hydrogen (secondary N) is 1. The Balaban J connectivity index is 1.75. The van der Waals surface area contributed by atoms with Crippen LogP contribution in [-0.4, -0.2) is 36.1 Å². The fourth-order valence-electron chi connectivity index (χ4n) is 3.44. The third-order valence-corrected chi connectivity index (χ3v) is 3.97. The molecule has 0 amide bonds. The van der Waals surface area contributed by atoms with E-state index in [1.807, 2.05) is 0 Å². The lowest BCUT2D eigenvalue weighted by molar-refractivity contribution is 0.187. The maximum atomic E-state index is 3.48. The van der Waals surface area contributed by atoms with E-state index in [4.69, 9.17) is 0 Å². The zero-order valence-corrected chi connectivity index (χ0v) is 7.63. The minimum atomic E-state index is 0.894. The molecule has 3 saturated heterocycles. The summed E-state index contributed by atoms with van der Waals surface area (Å²) in [6, 6.07) is 2.84. The van der Waals surface area contributed by atoms with Crippen LogP contribution in [-0.2, 0) is 0 Å². The molecule has 3 aliphatic heterocycles. The summed E-state index contributed by atoms with van der Waals surface area (Å²) in [5.74, 6) is 0. The zero-order valence-electron chi connectivity index (χ0n) is 7.63. The van der Waals surface area contributed by atoms with E-state index in [1.54, 1.807) is 0 Å².